The molecular formula is C12H15N5O3. The van der Waals surface area contributed by atoms with Crippen LogP contribution in [0.3, 0.4) is 0 Å². The predicted octanol–water partition coefficient (Wildman–Crippen LogP) is 1.57. The lowest BCUT2D eigenvalue weighted by Gasteiger charge is -2.02. The number of ether oxygens (including phenoxy) is 1. The number of rotatable bonds is 4. The van der Waals surface area contributed by atoms with E-state index in [0.29, 0.717) is 23.7 Å². The van der Waals surface area contributed by atoms with Crippen LogP contribution in [0.15, 0.2) is 24.7 Å². The number of amides is 2. The standard InChI is InChI=1S/C12H15N5O3/c1-3-20-11(18)10-4-8(7-17(10)2)15-12(19)16-9-5-13-14-6-9/h4-7H,3H2,1-2H3,(H,13,14)(H2,15,16,19). The molecule has 0 bridgehead atoms. The number of hydrogen-bond donors (Lipinski definition) is 3. The van der Waals surface area contributed by atoms with E-state index < -0.39 is 12.0 Å². The van der Waals surface area contributed by atoms with Crippen molar-refractivity contribution in [2.45, 2.75) is 6.92 Å². The van der Waals surface area contributed by atoms with Gasteiger partial charge in [-0.1, -0.05) is 0 Å². The van der Waals surface area contributed by atoms with Gasteiger partial charge in [0.05, 0.1) is 24.2 Å². The van der Waals surface area contributed by atoms with Crippen molar-refractivity contribution < 1.29 is 14.3 Å². The minimum Gasteiger partial charge on any atom is -0.461 e. The van der Waals surface area contributed by atoms with E-state index in [1.807, 2.05) is 0 Å². The Balaban J connectivity index is 2.01. The van der Waals surface area contributed by atoms with Crippen LogP contribution in [0.1, 0.15) is 17.4 Å². The molecule has 0 aliphatic heterocycles. The van der Waals surface area contributed by atoms with Gasteiger partial charge in [-0.2, -0.15) is 5.10 Å². The number of aromatic nitrogens is 3. The minimum atomic E-state index is -0.432. The largest absolute Gasteiger partial charge is 0.461 e. The lowest BCUT2D eigenvalue weighted by atomic mass is 10.4. The Labute approximate surface area is 115 Å². The molecule has 8 nitrogen and oxygen atoms in total. The van der Waals surface area contributed by atoms with Crippen LogP contribution >= 0.6 is 0 Å². The molecule has 0 spiro atoms. The van der Waals surface area contributed by atoms with E-state index in [0.717, 1.165) is 0 Å². The third-order valence-electron chi connectivity index (χ3n) is 2.50. The molecule has 2 aromatic rings. The smallest absolute Gasteiger partial charge is 0.355 e. The van der Waals surface area contributed by atoms with E-state index in [2.05, 4.69) is 20.8 Å². The van der Waals surface area contributed by atoms with Crippen LogP contribution in [0, 0.1) is 0 Å². The van der Waals surface area contributed by atoms with Crippen molar-refractivity contribution in [2.75, 3.05) is 17.2 Å². The summed E-state index contributed by atoms with van der Waals surface area (Å²) < 4.78 is 6.50. The van der Waals surface area contributed by atoms with Gasteiger partial charge in [0.25, 0.3) is 0 Å². The van der Waals surface area contributed by atoms with Gasteiger partial charge in [0.2, 0.25) is 0 Å². The zero-order valence-corrected chi connectivity index (χ0v) is 11.1. The number of nitrogens with zero attached hydrogens (tertiary/aromatic N) is 2. The second kappa shape index (κ2) is 5.91. The van der Waals surface area contributed by atoms with Gasteiger partial charge in [0.1, 0.15) is 5.69 Å². The number of anilines is 2. The summed E-state index contributed by atoms with van der Waals surface area (Å²) in [6.07, 6.45) is 4.66. The van der Waals surface area contributed by atoms with Crippen molar-refractivity contribution >= 4 is 23.4 Å². The highest BCUT2D eigenvalue weighted by molar-refractivity contribution is 6.00. The summed E-state index contributed by atoms with van der Waals surface area (Å²) in [7, 11) is 1.70. The zero-order valence-electron chi connectivity index (χ0n) is 11.1. The van der Waals surface area contributed by atoms with E-state index in [9.17, 15) is 9.59 Å². The molecule has 2 heterocycles. The number of esters is 1. The maximum absolute atomic E-state index is 11.7. The first kappa shape index (κ1) is 13.7. The average Bonchev–Trinajstić information content (AvgIpc) is 2.99. The van der Waals surface area contributed by atoms with E-state index in [4.69, 9.17) is 4.74 Å². The van der Waals surface area contributed by atoms with Crippen molar-refractivity contribution in [1.29, 1.82) is 0 Å². The van der Waals surface area contributed by atoms with Crippen molar-refractivity contribution in [1.82, 2.24) is 14.8 Å². The van der Waals surface area contributed by atoms with Gasteiger partial charge in [-0.05, 0) is 13.0 Å². The number of nitrogens with one attached hydrogen (secondary N) is 3. The van der Waals surface area contributed by atoms with Crippen LogP contribution in [0.2, 0.25) is 0 Å². The first-order chi connectivity index (χ1) is 9.60. The topological polar surface area (TPSA) is 101 Å². The molecule has 0 saturated carbocycles. The third kappa shape index (κ3) is 3.16. The fourth-order valence-electron chi connectivity index (χ4n) is 1.65. The van der Waals surface area contributed by atoms with Crippen molar-refractivity contribution in [3.8, 4) is 0 Å². The van der Waals surface area contributed by atoms with E-state index in [1.54, 1.807) is 37.0 Å². The number of carbonyl (C=O) groups excluding carboxylic acids is 2. The Morgan fingerprint density at radius 2 is 2.15 bits per heavy atom. The molecule has 8 heteroatoms. The van der Waals surface area contributed by atoms with Crippen LogP contribution in [-0.4, -0.2) is 33.4 Å². The van der Waals surface area contributed by atoms with Crippen LogP contribution in [0.25, 0.3) is 0 Å². The Bertz CT molecular complexity index is 603. The molecule has 0 fully saturated rings. The van der Waals surface area contributed by atoms with Crippen molar-refractivity contribution in [2.24, 2.45) is 7.05 Å². The van der Waals surface area contributed by atoms with Crippen LogP contribution in [0.4, 0.5) is 16.2 Å². The molecule has 3 N–H and O–H groups in total. The van der Waals surface area contributed by atoms with Gasteiger partial charge < -0.3 is 19.9 Å². The summed E-state index contributed by atoms with van der Waals surface area (Å²) in [6.45, 7) is 2.03. The molecule has 0 atom stereocenters. The molecule has 0 unspecified atom stereocenters. The summed E-state index contributed by atoms with van der Waals surface area (Å²) in [4.78, 5) is 23.3. The molecule has 0 radical (unpaired) electrons. The molecule has 0 aromatic carbocycles. The second-order valence-electron chi connectivity index (χ2n) is 4.01. The maximum Gasteiger partial charge on any atom is 0.355 e. The highest BCUT2D eigenvalue weighted by Gasteiger charge is 2.14. The third-order valence-corrected chi connectivity index (χ3v) is 2.50. The molecule has 0 aliphatic rings. The number of H-pyrrole nitrogens is 1. The predicted molar refractivity (Wildman–Crippen MR) is 72.6 cm³/mol. The highest BCUT2D eigenvalue weighted by atomic mass is 16.5. The lowest BCUT2D eigenvalue weighted by molar-refractivity contribution is 0.0515. The second-order valence-corrected chi connectivity index (χ2v) is 4.01. The molecule has 2 aromatic heterocycles. The first-order valence-electron chi connectivity index (χ1n) is 6.00. The SMILES string of the molecule is CCOC(=O)c1cc(NC(=O)Nc2cn[nH]c2)cn1C. The highest BCUT2D eigenvalue weighted by Crippen LogP contribution is 2.14. The van der Waals surface area contributed by atoms with Crippen molar-refractivity contribution in [3.63, 3.8) is 0 Å². The summed E-state index contributed by atoms with van der Waals surface area (Å²) in [5.74, 6) is -0.432. The van der Waals surface area contributed by atoms with E-state index in [1.165, 1.54) is 6.20 Å². The summed E-state index contributed by atoms with van der Waals surface area (Å²) in [6, 6.07) is 1.12. The Morgan fingerprint density at radius 1 is 1.40 bits per heavy atom. The van der Waals surface area contributed by atoms with Crippen molar-refractivity contribution in [3.05, 3.63) is 30.4 Å². The minimum absolute atomic E-state index is 0.299. The fraction of sp³-hybridized carbons (Fsp3) is 0.250. The van der Waals surface area contributed by atoms with Gasteiger partial charge in [0.15, 0.2) is 0 Å². The Morgan fingerprint density at radius 3 is 2.80 bits per heavy atom. The average molecular weight is 277 g/mol. The van der Waals surface area contributed by atoms with Gasteiger partial charge in [-0.25, -0.2) is 9.59 Å². The number of aromatic amines is 1. The summed E-state index contributed by atoms with van der Waals surface area (Å²) in [5.41, 5.74) is 1.41. The van der Waals surface area contributed by atoms with Gasteiger partial charge in [0, 0.05) is 19.4 Å². The number of hydrogen-bond acceptors (Lipinski definition) is 4. The van der Waals surface area contributed by atoms with Crippen LogP contribution < -0.4 is 10.6 Å². The lowest BCUT2D eigenvalue weighted by Crippen LogP contribution is -2.18. The van der Waals surface area contributed by atoms with Crippen LogP contribution in [0.5, 0.6) is 0 Å². The quantitative estimate of drug-likeness (QED) is 0.738. The monoisotopic (exact) mass is 277 g/mol. The Kier molecular flexibility index (Phi) is 4.04. The van der Waals surface area contributed by atoms with E-state index >= 15 is 0 Å². The van der Waals surface area contributed by atoms with Gasteiger partial charge in [-0.15, -0.1) is 0 Å². The Hall–Kier alpha value is -2.77. The molecule has 2 amide bonds. The van der Waals surface area contributed by atoms with Gasteiger partial charge >= 0.3 is 12.0 Å². The molecular weight excluding hydrogens is 262 g/mol. The van der Waals surface area contributed by atoms with Gasteiger partial charge in [-0.3, -0.25) is 5.10 Å². The first-order valence-corrected chi connectivity index (χ1v) is 6.00. The number of carbonyl (C=O) groups is 2. The molecule has 2 rings (SSSR count). The number of urea groups is 1. The molecule has 0 saturated heterocycles. The molecule has 106 valence electrons. The normalized spacial score (nSPS) is 10.1. The molecule has 0 aliphatic carbocycles. The fourth-order valence-corrected chi connectivity index (χ4v) is 1.65. The zero-order chi connectivity index (χ0) is 14.5. The van der Waals surface area contributed by atoms with Crippen LogP contribution in [-0.2, 0) is 11.8 Å². The van der Waals surface area contributed by atoms with E-state index in [-0.39, 0.29) is 0 Å². The molecule has 20 heavy (non-hydrogen) atoms. The summed E-state index contributed by atoms with van der Waals surface area (Å²) in [5, 5.41) is 11.5. The maximum atomic E-state index is 11.7. The number of aryl methyl sites for hydroxylation is 1. The summed E-state index contributed by atoms with van der Waals surface area (Å²) >= 11 is 0.